The number of anilines is 3. The first-order valence-electron chi connectivity index (χ1n) is 6.23. The zero-order valence-electron chi connectivity index (χ0n) is 10.8. The summed E-state index contributed by atoms with van der Waals surface area (Å²) in [7, 11) is 0. The van der Waals surface area contributed by atoms with Crippen LogP contribution >= 0.6 is 22.6 Å². The molecule has 2 rings (SSSR count). The van der Waals surface area contributed by atoms with Crippen LogP contribution in [0.25, 0.3) is 0 Å². The number of ether oxygens (including phenoxy) is 1. The molecule has 0 saturated carbocycles. The Morgan fingerprint density at radius 1 is 1.11 bits per heavy atom. The molecule has 0 amide bonds. The third kappa shape index (κ3) is 4.31. The summed E-state index contributed by atoms with van der Waals surface area (Å²) >= 11 is 2.29. The van der Waals surface area contributed by atoms with E-state index >= 15 is 0 Å². The quantitative estimate of drug-likeness (QED) is 0.607. The molecule has 0 heterocycles. The minimum Gasteiger partial charge on any atom is -0.493 e. The second kappa shape index (κ2) is 6.65. The van der Waals surface area contributed by atoms with Gasteiger partial charge in [0.15, 0.2) is 0 Å². The fourth-order valence-corrected chi connectivity index (χ4v) is 2.06. The Kier molecular flexibility index (Phi) is 4.90. The van der Waals surface area contributed by atoms with Crippen molar-refractivity contribution in [2.75, 3.05) is 17.7 Å². The number of hydrogen-bond donors (Lipinski definition) is 2. The topological polar surface area (TPSA) is 47.3 Å². The minimum absolute atomic E-state index is 0.696. The van der Waals surface area contributed by atoms with Gasteiger partial charge in [-0.3, -0.25) is 0 Å². The summed E-state index contributed by atoms with van der Waals surface area (Å²) in [6.07, 6.45) is 0.981. The maximum atomic E-state index is 5.89. The molecular formula is C15H17IN2O. The van der Waals surface area contributed by atoms with Gasteiger partial charge >= 0.3 is 0 Å². The molecule has 0 aliphatic rings. The monoisotopic (exact) mass is 368 g/mol. The van der Waals surface area contributed by atoms with Gasteiger partial charge in [-0.05, 0) is 59.3 Å². The first-order valence-corrected chi connectivity index (χ1v) is 7.31. The van der Waals surface area contributed by atoms with E-state index in [1.165, 1.54) is 3.57 Å². The van der Waals surface area contributed by atoms with Crippen LogP contribution in [0.5, 0.6) is 5.75 Å². The molecule has 0 atom stereocenters. The number of nitrogens with one attached hydrogen (secondary N) is 1. The van der Waals surface area contributed by atoms with Crippen molar-refractivity contribution in [3.63, 3.8) is 0 Å². The predicted octanol–water partition coefficient (Wildman–Crippen LogP) is 4.41. The van der Waals surface area contributed by atoms with E-state index in [2.05, 4.69) is 47.0 Å². The van der Waals surface area contributed by atoms with Crippen LogP contribution in [0, 0.1) is 3.57 Å². The summed E-state index contributed by atoms with van der Waals surface area (Å²) in [5.74, 6) is 0.801. The lowest BCUT2D eigenvalue weighted by molar-refractivity contribution is 0.318. The molecule has 0 aromatic heterocycles. The molecule has 2 aromatic rings. The molecule has 4 heteroatoms. The van der Waals surface area contributed by atoms with E-state index in [1.807, 2.05) is 30.3 Å². The van der Waals surface area contributed by atoms with Gasteiger partial charge in [0, 0.05) is 32.8 Å². The van der Waals surface area contributed by atoms with Gasteiger partial charge in [0.1, 0.15) is 5.75 Å². The molecule has 0 spiro atoms. The molecule has 0 radical (unpaired) electrons. The molecule has 19 heavy (non-hydrogen) atoms. The van der Waals surface area contributed by atoms with E-state index in [1.54, 1.807) is 0 Å². The molecule has 0 aliphatic heterocycles. The Morgan fingerprint density at radius 3 is 2.53 bits per heavy atom. The van der Waals surface area contributed by atoms with Crippen LogP contribution in [0.15, 0.2) is 42.5 Å². The van der Waals surface area contributed by atoms with Crippen molar-refractivity contribution in [3.8, 4) is 5.75 Å². The second-order valence-electron chi connectivity index (χ2n) is 4.27. The molecule has 3 nitrogen and oxygen atoms in total. The van der Waals surface area contributed by atoms with Gasteiger partial charge < -0.3 is 15.8 Å². The van der Waals surface area contributed by atoms with Gasteiger partial charge in [-0.1, -0.05) is 6.92 Å². The van der Waals surface area contributed by atoms with Crippen molar-refractivity contribution in [2.45, 2.75) is 13.3 Å². The zero-order valence-corrected chi connectivity index (χ0v) is 13.0. The van der Waals surface area contributed by atoms with Crippen molar-refractivity contribution in [2.24, 2.45) is 0 Å². The van der Waals surface area contributed by atoms with Gasteiger partial charge in [0.2, 0.25) is 0 Å². The molecule has 0 fully saturated rings. The lowest BCUT2D eigenvalue weighted by atomic mass is 10.2. The highest BCUT2D eigenvalue weighted by atomic mass is 127. The molecule has 0 aliphatic carbocycles. The summed E-state index contributed by atoms with van der Waals surface area (Å²) in [5.41, 5.74) is 8.56. The maximum Gasteiger partial charge on any atom is 0.123 e. The van der Waals surface area contributed by atoms with E-state index in [0.717, 1.165) is 23.5 Å². The van der Waals surface area contributed by atoms with E-state index in [9.17, 15) is 0 Å². The highest BCUT2D eigenvalue weighted by Crippen LogP contribution is 2.25. The van der Waals surface area contributed by atoms with Crippen LogP contribution in [-0.4, -0.2) is 6.61 Å². The number of benzene rings is 2. The smallest absolute Gasteiger partial charge is 0.123 e. The molecule has 3 N–H and O–H groups in total. The SMILES string of the molecule is CCCOc1cc(N)cc(Nc2ccc(I)cc2)c1. The van der Waals surface area contributed by atoms with Crippen LogP contribution in [0.1, 0.15) is 13.3 Å². The van der Waals surface area contributed by atoms with Crippen LogP contribution < -0.4 is 15.8 Å². The zero-order chi connectivity index (χ0) is 13.7. The molecule has 0 saturated heterocycles. The molecule has 0 bridgehead atoms. The lowest BCUT2D eigenvalue weighted by Gasteiger charge is -2.11. The fourth-order valence-electron chi connectivity index (χ4n) is 1.70. The van der Waals surface area contributed by atoms with Crippen molar-refractivity contribution >= 4 is 39.7 Å². The molecular weight excluding hydrogens is 351 g/mol. The van der Waals surface area contributed by atoms with Gasteiger partial charge in [-0.25, -0.2) is 0 Å². The number of rotatable bonds is 5. The highest BCUT2D eigenvalue weighted by Gasteiger charge is 2.01. The van der Waals surface area contributed by atoms with Crippen LogP contribution in [0.2, 0.25) is 0 Å². The lowest BCUT2D eigenvalue weighted by Crippen LogP contribution is -1.98. The van der Waals surface area contributed by atoms with Gasteiger partial charge in [-0.15, -0.1) is 0 Å². The van der Waals surface area contributed by atoms with Crippen molar-refractivity contribution < 1.29 is 4.74 Å². The van der Waals surface area contributed by atoms with Gasteiger partial charge in [0.25, 0.3) is 0 Å². The summed E-state index contributed by atoms with van der Waals surface area (Å²) in [4.78, 5) is 0. The fraction of sp³-hybridized carbons (Fsp3) is 0.200. The average Bonchev–Trinajstić information content (AvgIpc) is 2.38. The van der Waals surface area contributed by atoms with Crippen molar-refractivity contribution in [1.82, 2.24) is 0 Å². The third-order valence-electron chi connectivity index (χ3n) is 2.53. The van der Waals surface area contributed by atoms with Gasteiger partial charge in [-0.2, -0.15) is 0 Å². The summed E-state index contributed by atoms with van der Waals surface area (Å²) in [6.45, 7) is 2.78. The molecule has 0 unspecified atom stereocenters. The predicted molar refractivity (Wildman–Crippen MR) is 89.1 cm³/mol. The first-order chi connectivity index (χ1) is 9.17. The Morgan fingerprint density at radius 2 is 1.84 bits per heavy atom. The Bertz CT molecular complexity index is 540. The van der Waals surface area contributed by atoms with Crippen LogP contribution in [0.4, 0.5) is 17.1 Å². The van der Waals surface area contributed by atoms with E-state index in [-0.39, 0.29) is 0 Å². The second-order valence-corrected chi connectivity index (χ2v) is 5.52. The van der Waals surface area contributed by atoms with E-state index < -0.39 is 0 Å². The molecule has 2 aromatic carbocycles. The largest absolute Gasteiger partial charge is 0.493 e. The first kappa shape index (κ1) is 14.0. The normalized spacial score (nSPS) is 10.2. The van der Waals surface area contributed by atoms with Crippen molar-refractivity contribution in [3.05, 3.63) is 46.0 Å². The molecule has 100 valence electrons. The van der Waals surface area contributed by atoms with Crippen molar-refractivity contribution in [1.29, 1.82) is 0 Å². The number of nitrogen functional groups attached to an aromatic ring is 1. The number of nitrogens with two attached hydrogens (primary N) is 1. The average molecular weight is 368 g/mol. The standard InChI is InChI=1S/C15H17IN2O/c1-2-7-19-15-9-12(17)8-14(10-15)18-13-5-3-11(16)4-6-13/h3-6,8-10,18H,2,7,17H2,1H3. The minimum atomic E-state index is 0.696. The third-order valence-corrected chi connectivity index (χ3v) is 3.25. The summed E-state index contributed by atoms with van der Waals surface area (Å²) in [6, 6.07) is 13.9. The van der Waals surface area contributed by atoms with Crippen LogP contribution in [0.3, 0.4) is 0 Å². The number of halogens is 1. The van der Waals surface area contributed by atoms with Crippen LogP contribution in [-0.2, 0) is 0 Å². The van der Waals surface area contributed by atoms with E-state index in [0.29, 0.717) is 12.3 Å². The summed E-state index contributed by atoms with van der Waals surface area (Å²) < 4.78 is 6.82. The Hall–Kier alpha value is -1.43. The maximum absolute atomic E-state index is 5.89. The highest BCUT2D eigenvalue weighted by molar-refractivity contribution is 14.1. The van der Waals surface area contributed by atoms with Gasteiger partial charge in [0.05, 0.1) is 6.61 Å². The number of hydrogen-bond acceptors (Lipinski definition) is 3. The van der Waals surface area contributed by atoms with E-state index in [4.69, 9.17) is 10.5 Å². The summed E-state index contributed by atoms with van der Waals surface area (Å²) in [5, 5.41) is 3.33. The Balaban J connectivity index is 2.15. The Labute approximate surface area is 127 Å².